The predicted octanol–water partition coefficient (Wildman–Crippen LogP) is 3.33. The fourth-order valence-corrected chi connectivity index (χ4v) is 5.50. The van der Waals surface area contributed by atoms with Crippen molar-refractivity contribution in [2.45, 2.75) is 57.9 Å². The molecule has 0 unspecified atom stereocenters. The maximum atomic E-state index is 13.4. The summed E-state index contributed by atoms with van der Waals surface area (Å²) in [6.07, 6.45) is 6.79. The van der Waals surface area contributed by atoms with Gasteiger partial charge in [-0.15, -0.1) is 0 Å². The van der Waals surface area contributed by atoms with E-state index in [0.717, 1.165) is 50.9 Å². The van der Waals surface area contributed by atoms with Gasteiger partial charge in [0.15, 0.2) is 0 Å². The Hall–Kier alpha value is -2.41. The molecular formula is C25H35N3O4. The molecule has 2 atom stereocenters. The molecule has 3 aliphatic heterocycles. The van der Waals surface area contributed by atoms with Crippen molar-refractivity contribution in [3.05, 3.63) is 29.3 Å². The lowest BCUT2D eigenvalue weighted by Crippen LogP contribution is -2.50. The number of likely N-dealkylation sites (tertiary alicyclic amines) is 1. The van der Waals surface area contributed by atoms with E-state index in [1.54, 1.807) is 13.2 Å². The third-order valence-electron chi connectivity index (χ3n) is 7.20. The summed E-state index contributed by atoms with van der Waals surface area (Å²) in [4.78, 5) is 45.0. The van der Waals surface area contributed by atoms with Crippen LogP contribution in [-0.2, 0) is 9.53 Å². The minimum Gasteiger partial charge on any atom is -0.385 e. The van der Waals surface area contributed by atoms with Crippen LogP contribution in [0.15, 0.2) is 18.2 Å². The first-order chi connectivity index (χ1) is 15.6. The summed E-state index contributed by atoms with van der Waals surface area (Å²) in [5, 5.41) is 0. The Kier molecular flexibility index (Phi) is 7.13. The van der Waals surface area contributed by atoms with Gasteiger partial charge in [-0.05, 0) is 57.1 Å². The van der Waals surface area contributed by atoms with Crippen molar-refractivity contribution in [3.63, 3.8) is 0 Å². The molecular weight excluding hydrogens is 406 g/mol. The van der Waals surface area contributed by atoms with Gasteiger partial charge < -0.3 is 14.5 Å². The number of benzene rings is 1. The van der Waals surface area contributed by atoms with Crippen molar-refractivity contribution in [1.29, 1.82) is 0 Å². The van der Waals surface area contributed by atoms with Crippen LogP contribution in [0.25, 0.3) is 0 Å². The zero-order valence-corrected chi connectivity index (χ0v) is 19.3. The van der Waals surface area contributed by atoms with E-state index >= 15 is 0 Å². The molecule has 1 aromatic rings. The van der Waals surface area contributed by atoms with E-state index in [9.17, 15) is 14.4 Å². The second kappa shape index (κ2) is 10.0. The van der Waals surface area contributed by atoms with E-state index in [4.69, 9.17) is 4.74 Å². The van der Waals surface area contributed by atoms with Gasteiger partial charge >= 0.3 is 0 Å². The number of imide groups is 1. The Bertz CT molecular complexity index is 871. The highest BCUT2D eigenvalue weighted by molar-refractivity contribution is 6.23. The van der Waals surface area contributed by atoms with Gasteiger partial charge in [-0.1, -0.05) is 13.0 Å². The molecule has 0 bridgehead atoms. The molecule has 2 fully saturated rings. The van der Waals surface area contributed by atoms with E-state index in [2.05, 4.69) is 16.7 Å². The summed E-state index contributed by atoms with van der Waals surface area (Å²) >= 11 is 0. The first-order valence-corrected chi connectivity index (χ1v) is 12.1. The molecule has 0 saturated carbocycles. The Morgan fingerprint density at radius 1 is 1.09 bits per heavy atom. The van der Waals surface area contributed by atoms with Crippen molar-refractivity contribution in [1.82, 2.24) is 9.80 Å². The lowest BCUT2D eigenvalue weighted by atomic mass is 9.92. The third kappa shape index (κ3) is 4.27. The van der Waals surface area contributed by atoms with Gasteiger partial charge in [0.25, 0.3) is 11.8 Å². The molecule has 0 aromatic heterocycles. The molecule has 32 heavy (non-hydrogen) atoms. The predicted molar refractivity (Wildman–Crippen MR) is 123 cm³/mol. The van der Waals surface area contributed by atoms with Crippen LogP contribution in [0.5, 0.6) is 0 Å². The number of anilines is 1. The number of hydrogen-bond acceptors (Lipinski definition) is 5. The SMILES string of the molecule is CC[C@H]1CCCCN1C(=O)[C@H]1CCCN(c2cccc3c2C(=O)N(CCCOC)C3=O)C1. The number of ether oxygens (including phenoxy) is 1. The fraction of sp³-hybridized carbons (Fsp3) is 0.640. The van der Waals surface area contributed by atoms with Crippen molar-refractivity contribution in [3.8, 4) is 0 Å². The molecule has 3 amide bonds. The minimum absolute atomic E-state index is 0.0585. The van der Waals surface area contributed by atoms with Crippen LogP contribution >= 0.6 is 0 Å². The van der Waals surface area contributed by atoms with Gasteiger partial charge in [-0.3, -0.25) is 19.3 Å². The Labute approximate surface area is 190 Å². The van der Waals surface area contributed by atoms with Gasteiger partial charge in [0, 0.05) is 45.9 Å². The van der Waals surface area contributed by atoms with E-state index < -0.39 is 0 Å². The monoisotopic (exact) mass is 441 g/mol. The highest BCUT2D eigenvalue weighted by Gasteiger charge is 2.40. The molecule has 0 aliphatic carbocycles. The van der Waals surface area contributed by atoms with Crippen LogP contribution in [0.4, 0.5) is 5.69 Å². The molecule has 7 heteroatoms. The average molecular weight is 442 g/mol. The van der Waals surface area contributed by atoms with Crippen molar-refractivity contribution < 1.29 is 19.1 Å². The maximum absolute atomic E-state index is 13.4. The third-order valence-corrected chi connectivity index (χ3v) is 7.20. The van der Waals surface area contributed by atoms with Crippen LogP contribution in [0, 0.1) is 5.92 Å². The number of hydrogen-bond donors (Lipinski definition) is 0. The van der Waals surface area contributed by atoms with Gasteiger partial charge in [-0.2, -0.15) is 0 Å². The fourth-order valence-electron chi connectivity index (χ4n) is 5.50. The van der Waals surface area contributed by atoms with Crippen LogP contribution < -0.4 is 4.90 Å². The Balaban J connectivity index is 1.52. The smallest absolute Gasteiger partial charge is 0.263 e. The summed E-state index contributed by atoms with van der Waals surface area (Å²) in [7, 11) is 1.61. The zero-order chi connectivity index (χ0) is 22.7. The Morgan fingerprint density at radius 2 is 1.94 bits per heavy atom. The molecule has 174 valence electrons. The number of piperidine rings is 2. The van der Waals surface area contributed by atoms with Crippen molar-refractivity contribution >= 4 is 23.4 Å². The minimum atomic E-state index is -0.230. The molecule has 1 aromatic carbocycles. The second-order valence-electron chi connectivity index (χ2n) is 9.18. The number of methoxy groups -OCH3 is 1. The highest BCUT2D eigenvalue weighted by Crippen LogP contribution is 2.35. The summed E-state index contributed by atoms with van der Waals surface area (Å²) in [6, 6.07) is 5.86. The number of amides is 3. The van der Waals surface area contributed by atoms with Gasteiger partial charge in [0.2, 0.25) is 5.91 Å². The maximum Gasteiger partial charge on any atom is 0.263 e. The van der Waals surface area contributed by atoms with Crippen LogP contribution in [0.2, 0.25) is 0 Å². The quantitative estimate of drug-likeness (QED) is 0.480. The summed E-state index contributed by atoms with van der Waals surface area (Å²) < 4.78 is 5.07. The van der Waals surface area contributed by atoms with Crippen LogP contribution in [0.3, 0.4) is 0 Å². The van der Waals surface area contributed by atoms with E-state index in [-0.39, 0.29) is 23.6 Å². The normalized spacial score (nSPS) is 23.6. The highest BCUT2D eigenvalue weighted by atomic mass is 16.5. The van der Waals surface area contributed by atoms with E-state index in [1.165, 1.54) is 11.3 Å². The Morgan fingerprint density at radius 3 is 2.72 bits per heavy atom. The van der Waals surface area contributed by atoms with Gasteiger partial charge in [-0.25, -0.2) is 0 Å². The number of fused-ring (bicyclic) bond motifs is 1. The lowest BCUT2D eigenvalue weighted by molar-refractivity contribution is -0.139. The zero-order valence-electron chi connectivity index (χ0n) is 19.3. The molecule has 7 nitrogen and oxygen atoms in total. The van der Waals surface area contributed by atoms with E-state index in [1.807, 2.05) is 12.1 Å². The van der Waals surface area contributed by atoms with Gasteiger partial charge in [0.05, 0.1) is 22.7 Å². The van der Waals surface area contributed by atoms with E-state index in [0.29, 0.717) is 43.3 Å². The topological polar surface area (TPSA) is 70.2 Å². The molecule has 0 spiro atoms. The summed E-state index contributed by atoms with van der Waals surface area (Å²) in [5.41, 5.74) is 1.76. The van der Waals surface area contributed by atoms with Crippen molar-refractivity contribution in [2.75, 3.05) is 44.8 Å². The van der Waals surface area contributed by atoms with Gasteiger partial charge in [0.1, 0.15) is 0 Å². The molecule has 0 N–H and O–H groups in total. The molecule has 3 heterocycles. The molecule has 4 rings (SSSR count). The first kappa shape index (κ1) is 22.8. The number of rotatable bonds is 7. The number of carbonyl (C=O) groups is 3. The standard InChI is InChI=1S/C25H35N3O4/c1-3-19-10-4-5-14-27(19)23(29)18-9-7-13-26(17-18)21-12-6-11-20-22(21)25(31)28(24(20)30)15-8-16-32-2/h6,11-12,18-19H,3-5,7-10,13-17H2,1-2H3/t18-,19-/m0/s1. The number of carbonyl (C=O) groups excluding carboxylic acids is 3. The molecule has 0 radical (unpaired) electrons. The number of nitrogens with zero attached hydrogens (tertiary/aromatic N) is 3. The van der Waals surface area contributed by atoms with Crippen LogP contribution in [-0.4, -0.2) is 73.5 Å². The largest absolute Gasteiger partial charge is 0.385 e. The average Bonchev–Trinajstić information content (AvgIpc) is 3.08. The second-order valence-corrected chi connectivity index (χ2v) is 9.18. The summed E-state index contributed by atoms with van der Waals surface area (Å²) in [6.45, 7) is 5.28. The molecule has 3 aliphatic rings. The summed E-state index contributed by atoms with van der Waals surface area (Å²) in [5.74, 6) is -0.256. The molecule has 2 saturated heterocycles. The lowest BCUT2D eigenvalue weighted by Gasteiger charge is -2.41. The van der Waals surface area contributed by atoms with Crippen LogP contribution in [0.1, 0.15) is 72.6 Å². The van der Waals surface area contributed by atoms with Crippen molar-refractivity contribution in [2.24, 2.45) is 5.92 Å². The first-order valence-electron chi connectivity index (χ1n) is 12.1.